The summed E-state index contributed by atoms with van der Waals surface area (Å²) in [6, 6.07) is 10.5. The number of imidazole rings is 1. The minimum absolute atomic E-state index is 0.242. The first-order chi connectivity index (χ1) is 14.1. The Kier molecular flexibility index (Phi) is 4.37. The molecule has 0 bridgehead atoms. The highest BCUT2D eigenvalue weighted by atomic mass is 16.3. The number of aliphatic hydroxyl groups is 2. The van der Waals surface area contributed by atoms with Gasteiger partial charge in [0.15, 0.2) is 0 Å². The van der Waals surface area contributed by atoms with Gasteiger partial charge in [0.05, 0.1) is 24.1 Å². The summed E-state index contributed by atoms with van der Waals surface area (Å²) in [6.07, 6.45) is 2.15. The topological polar surface area (TPSA) is 96.1 Å². The Morgan fingerprint density at radius 2 is 2.14 bits per heavy atom. The number of aromatic nitrogens is 4. The van der Waals surface area contributed by atoms with Crippen molar-refractivity contribution in [3.63, 3.8) is 0 Å². The molecule has 0 aromatic carbocycles. The van der Waals surface area contributed by atoms with E-state index in [0.29, 0.717) is 23.7 Å². The first-order valence-electron chi connectivity index (χ1n) is 10.1. The lowest BCUT2D eigenvalue weighted by atomic mass is 10.1. The van der Waals surface area contributed by atoms with Crippen LogP contribution in [0.3, 0.4) is 0 Å². The molecule has 1 aliphatic heterocycles. The summed E-state index contributed by atoms with van der Waals surface area (Å²) in [5, 5.41) is 21.8. The fourth-order valence-corrected chi connectivity index (χ4v) is 4.42. The predicted molar refractivity (Wildman–Crippen MR) is 111 cm³/mol. The Labute approximate surface area is 169 Å². The minimum atomic E-state index is -0.820. The summed E-state index contributed by atoms with van der Waals surface area (Å²) in [5.74, 6) is 2.94. The van der Waals surface area contributed by atoms with Crippen LogP contribution in [0, 0.1) is 12.8 Å². The third kappa shape index (κ3) is 3.10. The van der Waals surface area contributed by atoms with Crippen molar-refractivity contribution in [2.24, 2.45) is 5.92 Å². The zero-order chi connectivity index (χ0) is 20.1. The molecule has 7 heteroatoms. The Balaban J connectivity index is 1.60. The third-order valence-electron chi connectivity index (χ3n) is 6.02. The number of nitrogens with zero attached hydrogens (tertiary/aromatic N) is 4. The van der Waals surface area contributed by atoms with Crippen molar-refractivity contribution >= 4 is 5.82 Å². The first-order valence-corrected chi connectivity index (χ1v) is 10.1. The van der Waals surface area contributed by atoms with Crippen LogP contribution in [0.5, 0.6) is 0 Å². The Morgan fingerprint density at radius 1 is 1.28 bits per heavy atom. The number of nitrogens with one attached hydrogen (secondary N) is 1. The molecule has 1 unspecified atom stereocenters. The molecule has 1 fully saturated rings. The number of hydrogen-bond donors (Lipinski definition) is 3. The van der Waals surface area contributed by atoms with Crippen LogP contribution in [0.4, 0.5) is 5.82 Å². The lowest BCUT2D eigenvalue weighted by Crippen LogP contribution is -2.23. The second-order valence-electron chi connectivity index (χ2n) is 8.10. The van der Waals surface area contributed by atoms with Crippen LogP contribution in [0.15, 0.2) is 36.5 Å². The molecule has 5 rings (SSSR count). The summed E-state index contributed by atoms with van der Waals surface area (Å²) in [5.41, 5.74) is 4.87. The normalized spacial score (nSPS) is 22.8. The number of rotatable bonds is 6. The summed E-state index contributed by atoms with van der Waals surface area (Å²) in [7, 11) is 0. The van der Waals surface area contributed by atoms with E-state index in [1.807, 2.05) is 37.3 Å². The van der Waals surface area contributed by atoms with Gasteiger partial charge in [-0.1, -0.05) is 13.0 Å². The van der Waals surface area contributed by atoms with E-state index < -0.39 is 6.10 Å². The van der Waals surface area contributed by atoms with Gasteiger partial charge < -0.3 is 20.1 Å². The highest BCUT2D eigenvalue weighted by Gasteiger charge is 2.52. The molecule has 3 N–H and O–H groups in total. The molecule has 150 valence electrons. The van der Waals surface area contributed by atoms with E-state index in [2.05, 4.69) is 21.8 Å². The van der Waals surface area contributed by atoms with Gasteiger partial charge in [0.2, 0.25) is 0 Å². The number of anilines is 1. The second kappa shape index (κ2) is 6.93. The average Bonchev–Trinajstić information content (AvgIpc) is 3.35. The van der Waals surface area contributed by atoms with E-state index >= 15 is 0 Å². The maximum atomic E-state index is 9.62. The van der Waals surface area contributed by atoms with Gasteiger partial charge in [0.1, 0.15) is 17.3 Å². The van der Waals surface area contributed by atoms with E-state index in [0.717, 1.165) is 34.2 Å². The van der Waals surface area contributed by atoms with Crippen molar-refractivity contribution in [2.45, 2.75) is 38.3 Å². The van der Waals surface area contributed by atoms with Crippen LogP contribution < -0.4 is 5.32 Å². The SMILES string of the molecule is Cc1cccc(-c2nc3n(c2-c2ccnc(NC[C@H](O)CO)c2)[C@H]2CC2[C@@H]3C)n1. The van der Waals surface area contributed by atoms with E-state index in [4.69, 9.17) is 15.1 Å². The molecule has 0 saturated heterocycles. The van der Waals surface area contributed by atoms with Crippen molar-refractivity contribution in [3.05, 3.63) is 48.0 Å². The molecule has 2 aliphatic rings. The Hall–Kier alpha value is -2.77. The second-order valence-corrected chi connectivity index (χ2v) is 8.10. The minimum Gasteiger partial charge on any atom is -0.394 e. The van der Waals surface area contributed by atoms with Gasteiger partial charge in [0, 0.05) is 36.0 Å². The van der Waals surface area contributed by atoms with Crippen LogP contribution >= 0.6 is 0 Å². The van der Waals surface area contributed by atoms with Crippen molar-refractivity contribution in [1.29, 1.82) is 0 Å². The van der Waals surface area contributed by atoms with Crippen LogP contribution in [0.25, 0.3) is 22.6 Å². The number of fused-ring (bicyclic) bond motifs is 3. The molecule has 1 aliphatic carbocycles. The molecule has 7 nitrogen and oxygen atoms in total. The molecular formula is C22H25N5O2. The molecule has 1 saturated carbocycles. The van der Waals surface area contributed by atoms with Crippen LogP contribution in [0.1, 0.15) is 36.8 Å². The van der Waals surface area contributed by atoms with Crippen molar-refractivity contribution in [2.75, 3.05) is 18.5 Å². The molecule has 29 heavy (non-hydrogen) atoms. The number of hydrogen-bond acceptors (Lipinski definition) is 6. The Bertz CT molecular complexity index is 1060. The third-order valence-corrected chi connectivity index (χ3v) is 6.02. The largest absolute Gasteiger partial charge is 0.394 e. The van der Waals surface area contributed by atoms with Gasteiger partial charge in [-0.15, -0.1) is 0 Å². The van der Waals surface area contributed by atoms with Gasteiger partial charge in [-0.05, 0) is 43.5 Å². The predicted octanol–water partition coefficient (Wildman–Crippen LogP) is 2.76. The lowest BCUT2D eigenvalue weighted by Gasteiger charge is -2.13. The quantitative estimate of drug-likeness (QED) is 0.598. The standard InChI is InChI=1S/C22H25N5O2/c1-12-4-3-5-17(25-12)20-21(27-18-9-16(18)13(2)22(27)26-20)14-6-7-23-19(8-14)24-10-15(29)11-28/h3-8,13,15-16,18,28-29H,9-11H2,1-2H3,(H,23,24)/t13-,15-,16?,18-/m0/s1. The van der Waals surface area contributed by atoms with E-state index in [1.165, 1.54) is 6.42 Å². The molecule has 0 spiro atoms. The molecule has 4 atom stereocenters. The van der Waals surface area contributed by atoms with E-state index in [1.54, 1.807) is 6.20 Å². The van der Waals surface area contributed by atoms with Gasteiger partial charge in [0.25, 0.3) is 0 Å². The fourth-order valence-electron chi connectivity index (χ4n) is 4.42. The van der Waals surface area contributed by atoms with Crippen LogP contribution in [-0.4, -0.2) is 49.0 Å². The molecule has 4 heterocycles. The summed E-state index contributed by atoms with van der Waals surface area (Å²) < 4.78 is 2.40. The lowest BCUT2D eigenvalue weighted by molar-refractivity contribution is 0.105. The van der Waals surface area contributed by atoms with E-state index in [9.17, 15) is 5.11 Å². The molecule has 0 radical (unpaired) electrons. The van der Waals surface area contributed by atoms with E-state index in [-0.39, 0.29) is 13.2 Å². The molecule has 3 aromatic heterocycles. The summed E-state index contributed by atoms with van der Waals surface area (Å²) in [4.78, 5) is 14.1. The molecular weight excluding hydrogens is 366 g/mol. The number of aryl methyl sites for hydroxylation is 1. The maximum absolute atomic E-state index is 9.62. The van der Waals surface area contributed by atoms with Crippen molar-refractivity contribution in [1.82, 2.24) is 19.5 Å². The maximum Gasteiger partial charge on any atom is 0.126 e. The molecule has 3 aromatic rings. The number of aliphatic hydroxyl groups excluding tert-OH is 2. The molecule has 0 amide bonds. The van der Waals surface area contributed by atoms with Gasteiger partial charge in [-0.2, -0.15) is 0 Å². The number of pyridine rings is 2. The van der Waals surface area contributed by atoms with Crippen LogP contribution in [0.2, 0.25) is 0 Å². The van der Waals surface area contributed by atoms with Crippen LogP contribution in [-0.2, 0) is 0 Å². The summed E-state index contributed by atoms with van der Waals surface area (Å²) in [6.45, 7) is 4.22. The smallest absolute Gasteiger partial charge is 0.126 e. The summed E-state index contributed by atoms with van der Waals surface area (Å²) >= 11 is 0. The zero-order valence-corrected chi connectivity index (χ0v) is 16.6. The highest BCUT2D eigenvalue weighted by molar-refractivity contribution is 5.79. The van der Waals surface area contributed by atoms with Crippen molar-refractivity contribution < 1.29 is 10.2 Å². The Morgan fingerprint density at radius 3 is 2.93 bits per heavy atom. The zero-order valence-electron chi connectivity index (χ0n) is 16.6. The van der Waals surface area contributed by atoms with Gasteiger partial charge in [-0.3, -0.25) is 4.98 Å². The van der Waals surface area contributed by atoms with Crippen molar-refractivity contribution in [3.8, 4) is 22.6 Å². The van der Waals surface area contributed by atoms with Gasteiger partial charge >= 0.3 is 0 Å². The average molecular weight is 391 g/mol. The van der Waals surface area contributed by atoms with Gasteiger partial charge in [-0.25, -0.2) is 9.97 Å². The first kappa shape index (κ1) is 18.3. The highest BCUT2D eigenvalue weighted by Crippen LogP contribution is 2.60. The fraction of sp³-hybridized carbons (Fsp3) is 0.409. The monoisotopic (exact) mass is 391 g/mol.